The van der Waals surface area contributed by atoms with Gasteiger partial charge in [0, 0.05) is 15.7 Å². The molecule has 19 heavy (non-hydrogen) atoms. The van der Waals surface area contributed by atoms with Crippen LogP contribution in [0.5, 0.6) is 0 Å². The normalized spacial score (nSPS) is 11.9. The molecule has 3 N–H and O–H groups in total. The molecule has 0 fully saturated rings. The third-order valence-corrected chi connectivity index (χ3v) is 2.65. The van der Waals surface area contributed by atoms with Crippen molar-refractivity contribution in [2.24, 2.45) is 0 Å². The highest BCUT2D eigenvalue weighted by molar-refractivity contribution is 6.35. The van der Waals surface area contributed by atoms with E-state index in [2.05, 4.69) is 31.3 Å². The molecular formula is C10H10Cl2N6O. The molecule has 1 aromatic heterocycles. The molecule has 0 saturated heterocycles. The Morgan fingerprint density at radius 3 is 2.58 bits per heavy atom. The number of hydrogen-bond donors (Lipinski definition) is 3. The highest BCUT2D eigenvalue weighted by atomic mass is 35.5. The van der Waals surface area contributed by atoms with E-state index in [1.165, 1.54) is 0 Å². The number of rotatable bonds is 3. The SMILES string of the molecule is CC(NC(=O)Nc1cc(Cl)cc(Cl)c1)c1nn[nH]n1. The number of benzene rings is 1. The molecule has 0 aliphatic heterocycles. The number of nitrogens with zero attached hydrogens (tertiary/aromatic N) is 3. The van der Waals surface area contributed by atoms with Crippen molar-refractivity contribution in [1.82, 2.24) is 25.9 Å². The van der Waals surface area contributed by atoms with Crippen molar-refractivity contribution in [1.29, 1.82) is 0 Å². The van der Waals surface area contributed by atoms with Crippen LogP contribution in [0.15, 0.2) is 18.2 Å². The molecule has 2 aromatic rings. The molecule has 0 bridgehead atoms. The molecule has 0 saturated carbocycles. The Morgan fingerprint density at radius 2 is 2.00 bits per heavy atom. The summed E-state index contributed by atoms with van der Waals surface area (Å²) in [5, 5.41) is 19.4. The van der Waals surface area contributed by atoms with Gasteiger partial charge in [-0.3, -0.25) is 0 Å². The first-order valence-electron chi connectivity index (χ1n) is 5.31. The maximum atomic E-state index is 11.7. The minimum absolute atomic E-state index is 0.381. The van der Waals surface area contributed by atoms with Gasteiger partial charge in [-0.2, -0.15) is 5.21 Å². The number of aromatic nitrogens is 4. The van der Waals surface area contributed by atoms with Crippen LogP contribution in [0, 0.1) is 0 Å². The van der Waals surface area contributed by atoms with Crippen molar-refractivity contribution in [3.05, 3.63) is 34.1 Å². The summed E-state index contributed by atoms with van der Waals surface area (Å²) in [6.07, 6.45) is 0. The number of tetrazole rings is 1. The van der Waals surface area contributed by atoms with E-state index in [0.29, 0.717) is 21.6 Å². The zero-order valence-electron chi connectivity index (χ0n) is 9.82. The number of carbonyl (C=O) groups is 1. The average molecular weight is 301 g/mol. The third-order valence-electron chi connectivity index (χ3n) is 2.22. The highest BCUT2D eigenvalue weighted by Crippen LogP contribution is 2.22. The Bertz CT molecular complexity index is 553. The molecule has 9 heteroatoms. The lowest BCUT2D eigenvalue weighted by molar-refractivity contribution is 0.249. The van der Waals surface area contributed by atoms with E-state index < -0.39 is 6.03 Å². The van der Waals surface area contributed by atoms with Crippen molar-refractivity contribution in [3.63, 3.8) is 0 Å². The summed E-state index contributed by atoms with van der Waals surface area (Å²) in [4.78, 5) is 11.7. The average Bonchev–Trinajstić information content (AvgIpc) is 2.80. The molecule has 2 rings (SSSR count). The number of aromatic amines is 1. The maximum absolute atomic E-state index is 11.7. The Hall–Kier alpha value is -1.86. The number of nitrogens with one attached hydrogen (secondary N) is 3. The molecule has 0 spiro atoms. The van der Waals surface area contributed by atoms with Gasteiger partial charge in [-0.1, -0.05) is 28.4 Å². The van der Waals surface area contributed by atoms with E-state index >= 15 is 0 Å². The summed E-state index contributed by atoms with van der Waals surface area (Å²) in [6.45, 7) is 1.73. The smallest absolute Gasteiger partial charge is 0.319 e. The van der Waals surface area contributed by atoms with Crippen LogP contribution in [0.3, 0.4) is 0 Å². The van der Waals surface area contributed by atoms with Crippen LogP contribution in [0.2, 0.25) is 10.0 Å². The molecule has 1 heterocycles. The van der Waals surface area contributed by atoms with Crippen LogP contribution in [0.1, 0.15) is 18.8 Å². The van der Waals surface area contributed by atoms with E-state index in [4.69, 9.17) is 23.2 Å². The molecule has 2 amide bonds. The second kappa shape index (κ2) is 5.85. The molecule has 1 atom stereocenters. The van der Waals surface area contributed by atoms with E-state index in [1.54, 1.807) is 25.1 Å². The molecule has 1 aromatic carbocycles. The van der Waals surface area contributed by atoms with Gasteiger partial charge in [0.1, 0.15) is 0 Å². The summed E-state index contributed by atoms with van der Waals surface area (Å²) in [5.41, 5.74) is 0.496. The van der Waals surface area contributed by atoms with Gasteiger partial charge in [0.2, 0.25) is 0 Å². The number of amides is 2. The molecule has 100 valence electrons. The van der Waals surface area contributed by atoms with Gasteiger partial charge < -0.3 is 10.6 Å². The van der Waals surface area contributed by atoms with Gasteiger partial charge >= 0.3 is 6.03 Å². The van der Waals surface area contributed by atoms with Crippen molar-refractivity contribution >= 4 is 34.9 Å². The van der Waals surface area contributed by atoms with Crippen LogP contribution < -0.4 is 10.6 Å². The quantitative estimate of drug-likeness (QED) is 0.811. The first-order chi connectivity index (χ1) is 9.04. The number of anilines is 1. The monoisotopic (exact) mass is 300 g/mol. The number of carbonyl (C=O) groups excluding carboxylic acids is 1. The lowest BCUT2D eigenvalue weighted by atomic mass is 10.3. The number of hydrogen-bond acceptors (Lipinski definition) is 4. The fourth-order valence-corrected chi connectivity index (χ4v) is 1.93. The molecule has 7 nitrogen and oxygen atoms in total. The number of urea groups is 1. The Kier molecular flexibility index (Phi) is 4.18. The summed E-state index contributed by atoms with van der Waals surface area (Å²) >= 11 is 11.7. The van der Waals surface area contributed by atoms with Crippen LogP contribution in [-0.4, -0.2) is 26.7 Å². The summed E-state index contributed by atoms with van der Waals surface area (Å²) in [7, 11) is 0. The van der Waals surface area contributed by atoms with Gasteiger partial charge in [0.05, 0.1) is 6.04 Å². The first-order valence-corrected chi connectivity index (χ1v) is 6.07. The Balaban J connectivity index is 1.97. The number of H-pyrrole nitrogens is 1. The predicted molar refractivity (Wildman–Crippen MR) is 71.2 cm³/mol. The van der Waals surface area contributed by atoms with Gasteiger partial charge in [-0.05, 0) is 25.1 Å². The topological polar surface area (TPSA) is 95.6 Å². The largest absolute Gasteiger partial charge is 0.328 e. The van der Waals surface area contributed by atoms with Crippen molar-refractivity contribution in [2.75, 3.05) is 5.32 Å². The van der Waals surface area contributed by atoms with Crippen molar-refractivity contribution < 1.29 is 4.79 Å². The fraction of sp³-hybridized carbons (Fsp3) is 0.200. The zero-order valence-corrected chi connectivity index (χ0v) is 11.3. The lowest BCUT2D eigenvalue weighted by Gasteiger charge is -2.11. The highest BCUT2D eigenvalue weighted by Gasteiger charge is 2.13. The van der Waals surface area contributed by atoms with Crippen molar-refractivity contribution in [3.8, 4) is 0 Å². The minimum atomic E-state index is -0.421. The molecule has 0 radical (unpaired) electrons. The first kappa shape index (κ1) is 13.6. The predicted octanol–water partition coefficient (Wildman–Crippen LogP) is 2.39. The maximum Gasteiger partial charge on any atom is 0.319 e. The van der Waals surface area contributed by atoms with Gasteiger partial charge in [0.15, 0.2) is 5.82 Å². The zero-order chi connectivity index (χ0) is 13.8. The minimum Gasteiger partial charge on any atom is -0.328 e. The van der Waals surface area contributed by atoms with Crippen LogP contribution >= 0.6 is 23.2 Å². The van der Waals surface area contributed by atoms with Crippen LogP contribution in [0.4, 0.5) is 10.5 Å². The lowest BCUT2D eigenvalue weighted by Crippen LogP contribution is -2.31. The fourth-order valence-electron chi connectivity index (χ4n) is 1.41. The number of halogens is 2. The standard InChI is InChI=1S/C10H10Cl2N6O/c1-5(9-15-17-18-16-9)13-10(19)14-8-3-6(11)2-7(12)4-8/h2-5H,1H3,(H2,13,14,19)(H,15,16,17,18). The van der Waals surface area contributed by atoms with Crippen LogP contribution in [-0.2, 0) is 0 Å². The van der Waals surface area contributed by atoms with Gasteiger partial charge in [-0.15, -0.1) is 10.2 Å². The van der Waals surface area contributed by atoms with E-state index in [1.807, 2.05) is 0 Å². The Labute approximate surface area is 118 Å². The van der Waals surface area contributed by atoms with Crippen molar-refractivity contribution in [2.45, 2.75) is 13.0 Å². The summed E-state index contributed by atoms with van der Waals surface area (Å²) in [6, 6.07) is 3.95. The molecular weight excluding hydrogens is 291 g/mol. The van der Waals surface area contributed by atoms with E-state index in [9.17, 15) is 4.79 Å². The third kappa shape index (κ3) is 3.80. The van der Waals surface area contributed by atoms with Crippen LogP contribution in [0.25, 0.3) is 0 Å². The summed E-state index contributed by atoms with van der Waals surface area (Å²) in [5.74, 6) is 0.388. The van der Waals surface area contributed by atoms with E-state index in [-0.39, 0.29) is 6.04 Å². The molecule has 0 aliphatic carbocycles. The van der Waals surface area contributed by atoms with E-state index in [0.717, 1.165) is 0 Å². The molecule has 1 unspecified atom stereocenters. The van der Waals surface area contributed by atoms with Gasteiger partial charge in [-0.25, -0.2) is 4.79 Å². The molecule has 0 aliphatic rings. The second-order valence-corrected chi connectivity index (χ2v) is 4.62. The Morgan fingerprint density at radius 1 is 1.32 bits per heavy atom. The second-order valence-electron chi connectivity index (χ2n) is 3.75. The van der Waals surface area contributed by atoms with Gasteiger partial charge in [0.25, 0.3) is 0 Å². The summed E-state index contributed by atoms with van der Waals surface area (Å²) < 4.78 is 0.